The van der Waals surface area contributed by atoms with Gasteiger partial charge in [-0.05, 0) is 0 Å². The molecule has 0 saturated heterocycles. The van der Waals surface area contributed by atoms with Gasteiger partial charge in [0.05, 0.1) is 5.56 Å². The third kappa shape index (κ3) is 2.18. The Bertz CT molecular complexity index is 489. The van der Waals surface area contributed by atoms with Crippen molar-refractivity contribution in [2.45, 2.75) is 11.5 Å². The Morgan fingerprint density at radius 2 is 2.00 bits per heavy atom. The van der Waals surface area contributed by atoms with Crippen molar-refractivity contribution < 1.29 is 26.7 Å². The van der Waals surface area contributed by atoms with Crippen molar-refractivity contribution in [1.29, 1.82) is 0 Å². The average Bonchev–Trinajstić information content (AvgIpc) is 2.06. The Balaban J connectivity index is 3.48. The molecule has 0 fully saturated rings. The predicted molar refractivity (Wildman–Crippen MR) is 42.2 cm³/mol. The molecule has 1 aromatic rings. The number of pyridine rings is 1. The summed E-state index contributed by atoms with van der Waals surface area (Å²) in [6.45, 7) is 0. The molecule has 0 spiro atoms. The second-order valence-corrected chi connectivity index (χ2v) is 4.00. The highest BCUT2D eigenvalue weighted by molar-refractivity contribution is 7.89. The van der Waals surface area contributed by atoms with Crippen molar-refractivity contribution >= 4 is 10.0 Å². The van der Waals surface area contributed by atoms with Gasteiger partial charge in [0.2, 0.25) is 5.03 Å². The number of aromatic hydroxyl groups is 1. The van der Waals surface area contributed by atoms with Crippen molar-refractivity contribution in [2.75, 3.05) is 0 Å². The maximum Gasteiger partial charge on any atom is 0.268 e. The fourth-order valence-corrected chi connectivity index (χ4v) is 1.40. The number of aromatic nitrogens is 1. The summed E-state index contributed by atoms with van der Waals surface area (Å²) in [6.07, 6.45) is -2.91. The van der Waals surface area contributed by atoms with Crippen LogP contribution in [0.1, 0.15) is 12.0 Å². The number of hydrogen-bond acceptors (Lipinski definition) is 4. The SMILES string of the molecule is NS(=O)(=O)c1ncc(C(F)F)c(F)c1O. The second kappa shape index (κ2) is 3.66. The summed E-state index contributed by atoms with van der Waals surface area (Å²) in [4.78, 5) is 2.95. The van der Waals surface area contributed by atoms with Crippen LogP contribution in [0.15, 0.2) is 11.2 Å². The third-order valence-corrected chi connectivity index (χ3v) is 2.33. The van der Waals surface area contributed by atoms with Gasteiger partial charge in [0, 0.05) is 6.20 Å². The van der Waals surface area contributed by atoms with Crippen molar-refractivity contribution in [2.24, 2.45) is 5.14 Å². The van der Waals surface area contributed by atoms with E-state index >= 15 is 0 Å². The number of nitrogens with two attached hydrogens (primary N) is 1. The molecule has 0 aliphatic rings. The van der Waals surface area contributed by atoms with Crippen LogP contribution in [0.5, 0.6) is 5.75 Å². The van der Waals surface area contributed by atoms with Crippen LogP contribution in [-0.2, 0) is 10.0 Å². The van der Waals surface area contributed by atoms with Crippen LogP contribution in [0, 0.1) is 5.82 Å². The lowest BCUT2D eigenvalue weighted by atomic mass is 10.3. The summed E-state index contributed by atoms with van der Waals surface area (Å²) < 4.78 is 58.5. The van der Waals surface area contributed by atoms with Crippen LogP contribution in [0.4, 0.5) is 13.2 Å². The molecule has 0 bridgehead atoms. The fourth-order valence-electron chi connectivity index (χ4n) is 0.837. The minimum atomic E-state index is -4.44. The first-order valence-corrected chi connectivity index (χ1v) is 4.98. The van der Waals surface area contributed by atoms with Crippen LogP contribution in [0.3, 0.4) is 0 Å². The molecule has 0 unspecified atom stereocenters. The van der Waals surface area contributed by atoms with Crippen molar-refractivity contribution in [1.82, 2.24) is 4.98 Å². The molecule has 1 aromatic heterocycles. The molecule has 1 rings (SSSR count). The Labute approximate surface area is 82.4 Å². The quantitative estimate of drug-likeness (QED) is 0.790. The van der Waals surface area contributed by atoms with Crippen molar-refractivity contribution in [3.8, 4) is 5.75 Å². The van der Waals surface area contributed by atoms with E-state index in [1.54, 1.807) is 0 Å². The van der Waals surface area contributed by atoms with Gasteiger partial charge in [-0.15, -0.1) is 0 Å². The van der Waals surface area contributed by atoms with Crippen LogP contribution >= 0.6 is 0 Å². The Hall–Kier alpha value is -1.35. The summed E-state index contributed by atoms with van der Waals surface area (Å²) in [6, 6.07) is 0. The average molecular weight is 242 g/mol. The Kier molecular flexibility index (Phi) is 2.86. The Morgan fingerprint density at radius 1 is 1.47 bits per heavy atom. The number of rotatable bonds is 2. The molecule has 0 aromatic carbocycles. The zero-order valence-electron chi connectivity index (χ0n) is 6.99. The standard InChI is InChI=1S/C6H5F3N2O3S/c7-3-2(5(8)9)1-11-6(4(3)12)15(10,13)14/h1,5,12H,(H2,10,13,14). The second-order valence-electron chi connectivity index (χ2n) is 2.53. The summed E-state index contributed by atoms with van der Waals surface area (Å²) in [5.41, 5.74) is -1.19. The van der Waals surface area contributed by atoms with Crippen molar-refractivity contribution in [3.05, 3.63) is 17.6 Å². The first kappa shape index (κ1) is 11.7. The van der Waals surface area contributed by atoms with E-state index in [-0.39, 0.29) is 0 Å². The van der Waals surface area contributed by atoms with Crippen LogP contribution in [0.25, 0.3) is 0 Å². The number of primary sulfonamides is 1. The minimum absolute atomic E-state index is 0.305. The molecule has 0 amide bonds. The van der Waals surface area contributed by atoms with E-state index in [2.05, 4.69) is 10.1 Å². The number of halogens is 3. The smallest absolute Gasteiger partial charge is 0.268 e. The van der Waals surface area contributed by atoms with E-state index in [0.29, 0.717) is 6.20 Å². The highest BCUT2D eigenvalue weighted by Gasteiger charge is 2.25. The maximum absolute atomic E-state index is 13.0. The van der Waals surface area contributed by atoms with E-state index in [1.165, 1.54) is 0 Å². The van der Waals surface area contributed by atoms with Gasteiger partial charge in [0.15, 0.2) is 11.6 Å². The van der Waals surface area contributed by atoms with Gasteiger partial charge >= 0.3 is 0 Å². The topological polar surface area (TPSA) is 93.3 Å². The van der Waals surface area contributed by atoms with Gasteiger partial charge in [-0.1, -0.05) is 0 Å². The minimum Gasteiger partial charge on any atom is -0.503 e. The molecule has 0 saturated carbocycles. The van der Waals surface area contributed by atoms with E-state index in [1.807, 2.05) is 0 Å². The summed E-state index contributed by atoms with van der Waals surface area (Å²) in [5, 5.41) is 12.3. The van der Waals surface area contributed by atoms with Crippen LogP contribution in [-0.4, -0.2) is 18.5 Å². The number of alkyl halides is 2. The summed E-state index contributed by atoms with van der Waals surface area (Å²) >= 11 is 0. The number of sulfonamides is 1. The lowest BCUT2D eigenvalue weighted by Crippen LogP contribution is -2.15. The van der Waals surface area contributed by atoms with Gasteiger partial charge in [0.25, 0.3) is 16.4 Å². The molecule has 0 aliphatic carbocycles. The highest BCUT2D eigenvalue weighted by Crippen LogP contribution is 2.30. The fraction of sp³-hybridized carbons (Fsp3) is 0.167. The molecule has 84 valence electrons. The zero-order valence-corrected chi connectivity index (χ0v) is 7.80. The van der Waals surface area contributed by atoms with E-state index < -0.39 is 38.6 Å². The van der Waals surface area contributed by atoms with Gasteiger partial charge < -0.3 is 5.11 Å². The monoisotopic (exact) mass is 242 g/mol. The first-order chi connectivity index (χ1) is 6.75. The number of nitrogens with zero attached hydrogens (tertiary/aromatic N) is 1. The molecule has 0 atom stereocenters. The molecule has 0 radical (unpaired) electrons. The van der Waals surface area contributed by atoms with Crippen molar-refractivity contribution in [3.63, 3.8) is 0 Å². The van der Waals surface area contributed by atoms with Crippen LogP contribution < -0.4 is 5.14 Å². The van der Waals surface area contributed by atoms with Gasteiger partial charge in [-0.2, -0.15) is 0 Å². The number of hydrogen-bond donors (Lipinski definition) is 2. The van der Waals surface area contributed by atoms with Gasteiger partial charge in [-0.25, -0.2) is 31.7 Å². The van der Waals surface area contributed by atoms with E-state index in [9.17, 15) is 21.6 Å². The Morgan fingerprint density at radius 3 is 2.40 bits per heavy atom. The first-order valence-electron chi connectivity index (χ1n) is 3.43. The lowest BCUT2D eigenvalue weighted by molar-refractivity contribution is 0.144. The molecule has 3 N–H and O–H groups in total. The van der Waals surface area contributed by atoms with E-state index in [4.69, 9.17) is 5.11 Å². The lowest BCUT2D eigenvalue weighted by Gasteiger charge is -2.05. The molecular formula is C6H5F3N2O3S. The highest BCUT2D eigenvalue weighted by atomic mass is 32.2. The molecule has 5 nitrogen and oxygen atoms in total. The summed E-state index contributed by atoms with van der Waals surface area (Å²) in [5.74, 6) is -3.25. The van der Waals surface area contributed by atoms with E-state index in [0.717, 1.165) is 0 Å². The largest absolute Gasteiger partial charge is 0.503 e. The van der Waals surface area contributed by atoms with Gasteiger partial charge in [0.1, 0.15) is 0 Å². The summed E-state index contributed by atoms with van der Waals surface area (Å²) in [7, 11) is -4.44. The molecule has 9 heteroatoms. The van der Waals surface area contributed by atoms with Gasteiger partial charge in [-0.3, -0.25) is 0 Å². The molecule has 0 aliphatic heterocycles. The predicted octanol–water partition coefficient (Wildman–Crippen LogP) is 0.511. The zero-order chi connectivity index (χ0) is 11.8. The maximum atomic E-state index is 13.0. The van der Waals surface area contributed by atoms with Crippen LogP contribution in [0.2, 0.25) is 0 Å². The molecular weight excluding hydrogens is 237 g/mol. The molecule has 15 heavy (non-hydrogen) atoms. The molecule has 1 heterocycles. The normalized spacial score (nSPS) is 12.1. The third-order valence-electron chi connectivity index (χ3n) is 1.49.